The number of halogens is 1. The number of hydrogen-bond donors (Lipinski definition) is 0. The second-order valence-electron chi connectivity index (χ2n) is 11.6. The second-order valence-corrected chi connectivity index (χ2v) is 13.7. The molecule has 37 heavy (non-hydrogen) atoms. The molecule has 2 aromatic heterocycles. The van der Waals surface area contributed by atoms with Crippen LogP contribution in [0.4, 0.5) is 4.39 Å². The Kier molecular flexibility index (Phi) is 6.40. The van der Waals surface area contributed by atoms with Crippen LogP contribution in [0.5, 0.6) is 0 Å². The number of fused-ring (bicyclic) bond motifs is 3. The number of benzene rings is 1. The molecule has 0 saturated carbocycles. The van der Waals surface area contributed by atoms with E-state index in [1.54, 1.807) is 34.7 Å². The second kappa shape index (κ2) is 9.47. The van der Waals surface area contributed by atoms with Crippen LogP contribution in [0.1, 0.15) is 63.9 Å². The zero-order chi connectivity index (χ0) is 25.9. The Balaban J connectivity index is 1.15. The molecule has 0 aliphatic carbocycles. The van der Waals surface area contributed by atoms with Gasteiger partial charge in [0.2, 0.25) is 0 Å². The van der Waals surface area contributed by atoms with Crippen molar-refractivity contribution in [1.82, 2.24) is 19.2 Å². The summed E-state index contributed by atoms with van der Waals surface area (Å²) in [6.45, 7) is 6.84. The maximum Gasteiger partial charge on any atom is 0.175 e. The maximum atomic E-state index is 15.1. The molecule has 0 amide bonds. The van der Waals surface area contributed by atoms with Crippen LogP contribution in [-0.4, -0.2) is 71.1 Å². The molecule has 5 heterocycles. The monoisotopic (exact) mass is 524 g/mol. The van der Waals surface area contributed by atoms with Gasteiger partial charge < -0.3 is 9.30 Å². The molecular formula is C29H37FN4O2S. The Bertz CT molecular complexity index is 1380. The standard InChI is InChI=1S/C29H37FN4O2S/c1-19(2)34-23-6-7-24(34)16-25(15-23)32-12-10-20(11-13-32)22-14-27(30)29-31-28(18-33(29)17-22)21-4-8-26(9-5-21)37(3,35)36/h4-5,8-9,14,17-20,23-25H,6-7,10-13,15-16H2,1-3H3. The number of pyridine rings is 1. The first kappa shape index (κ1) is 25.0. The Morgan fingerprint density at radius 1 is 0.946 bits per heavy atom. The van der Waals surface area contributed by atoms with Gasteiger partial charge in [-0.2, -0.15) is 0 Å². The summed E-state index contributed by atoms with van der Waals surface area (Å²) in [6.07, 6.45) is 12.5. The predicted octanol–water partition coefficient (Wildman–Crippen LogP) is 5.13. The molecule has 198 valence electrons. The van der Waals surface area contributed by atoms with Crippen LogP contribution < -0.4 is 0 Å². The molecule has 3 aliphatic heterocycles. The number of rotatable bonds is 5. The van der Waals surface area contributed by atoms with Crippen LogP contribution in [-0.2, 0) is 9.84 Å². The Morgan fingerprint density at radius 2 is 1.59 bits per heavy atom. The molecule has 1 aromatic carbocycles. The highest BCUT2D eigenvalue weighted by Gasteiger charge is 2.43. The fourth-order valence-corrected chi connectivity index (χ4v) is 7.87. The average molecular weight is 525 g/mol. The predicted molar refractivity (Wildman–Crippen MR) is 144 cm³/mol. The van der Waals surface area contributed by atoms with Gasteiger partial charge in [0.15, 0.2) is 21.3 Å². The van der Waals surface area contributed by atoms with Crippen molar-refractivity contribution < 1.29 is 12.8 Å². The lowest BCUT2D eigenvalue weighted by atomic mass is 9.87. The number of piperidine rings is 2. The Labute approximate surface area is 219 Å². The molecule has 3 saturated heterocycles. The zero-order valence-electron chi connectivity index (χ0n) is 22.0. The van der Waals surface area contributed by atoms with Crippen molar-refractivity contribution in [3.05, 3.63) is 54.1 Å². The maximum absolute atomic E-state index is 15.1. The van der Waals surface area contributed by atoms with Crippen molar-refractivity contribution in [2.24, 2.45) is 0 Å². The van der Waals surface area contributed by atoms with E-state index in [1.807, 2.05) is 12.4 Å². The summed E-state index contributed by atoms with van der Waals surface area (Å²) in [5.74, 6) is 0.0408. The lowest BCUT2D eigenvalue weighted by molar-refractivity contribution is 0.0298. The van der Waals surface area contributed by atoms with E-state index in [1.165, 1.54) is 31.9 Å². The van der Waals surface area contributed by atoms with Crippen molar-refractivity contribution >= 4 is 15.5 Å². The van der Waals surface area contributed by atoms with Gasteiger partial charge in [-0.3, -0.25) is 4.90 Å². The number of imidazole rings is 1. The molecule has 0 radical (unpaired) electrons. The SMILES string of the molecule is CC(C)N1C2CCC1CC(N1CCC(c3cc(F)c4nc(-c5ccc(S(C)(=O)=O)cc5)cn4c3)CC1)C2. The average Bonchev–Trinajstić information content (AvgIpc) is 3.42. The normalized spacial score (nSPS) is 25.9. The Hall–Kier alpha value is -2.29. The largest absolute Gasteiger partial charge is 0.304 e. The molecule has 2 bridgehead atoms. The van der Waals surface area contributed by atoms with Crippen molar-refractivity contribution in [1.29, 1.82) is 0 Å². The van der Waals surface area contributed by atoms with Crippen LogP contribution in [0.25, 0.3) is 16.9 Å². The summed E-state index contributed by atoms with van der Waals surface area (Å²) < 4.78 is 40.4. The number of sulfone groups is 1. The minimum Gasteiger partial charge on any atom is -0.304 e. The fraction of sp³-hybridized carbons (Fsp3) is 0.552. The molecule has 6 rings (SSSR count). The number of hydrogen-bond acceptors (Lipinski definition) is 5. The summed E-state index contributed by atoms with van der Waals surface area (Å²) >= 11 is 0. The summed E-state index contributed by atoms with van der Waals surface area (Å²) in [7, 11) is -3.26. The third kappa shape index (κ3) is 4.72. The van der Waals surface area contributed by atoms with Crippen molar-refractivity contribution in [3.8, 4) is 11.3 Å². The minimum atomic E-state index is -3.26. The van der Waals surface area contributed by atoms with Crippen LogP contribution >= 0.6 is 0 Å². The van der Waals surface area contributed by atoms with Gasteiger partial charge in [-0.1, -0.05) is 12.1 Å². The molecule has 2 atom stereocenters. The number of likely N-dealkylation sites (tertiary alicyclic amines) is 1. The molecule has 6 nitrogen and oxygen atoms in total. The van der Waals surface area contributed by atoms with Gasteiger partial charge in [-0.05, 0) is 95.1 Å². The van der Waals surface area contributed by atoms with Crippen molar-refractivity contribution in [2.45, 2.75) is 87.4 Å². The lowest BCUT2D eigenvalue weighted by Crippen LogP contribution is -2.53. The number of aromatic nitrogens is 2. The molecule has 0 N–H and O–H groups in total. The molecule has 3 aromatic rings. The van der Waals surface area contributed by atoms with E-state index in [0.29, 0.717) is 29.3 Å². The lowest BCUT2D eigenvalue weighted by Gasteiger charge is -2.46. The summed E-state index contributed by atoms with van der Waals surface area (Å²) in [5, 5.41) is 0. The van der Waals surface area contributed by atoms with Gasteiger partial charge in [0.1, 0.15) is 0 Å². The molecule has 3 fully saturated rings. The van der Waals surface area contributed by atoms with E-state index >= 15 is 4.39 Å². The van der Waals surface area contributed by atoms with Crippen LogP contribution in [0.2, 0.25) is 0 Å². The first-order chi connectivity index (χ1) is 17.7. The summed E-state index contributed by atoms with van der Waals surface area (Å²) in [6, 6.07) is 11.1. The summed E-state index contributed by atoms with van der Waals surface area (Å²) in [5.41, 5.74) is 2.74. The van der Waals surface area contributed by atoms with Crippen molar-refractivity contribution in [2.75, 3.05) is 19.3 Å². The minimum absolute atomic E-state index is 0.262. The third-order valence-electron chi connectivity index (χ3n) is 8.98. The molecule has 8 heteroatoms. The zero-order valence-corrected chi connectivity index (χ0v) is 22.8. The van der Waals surface area contributed by atoms with Gasteiger partial charge in [0, 0.05) is 48.4 Å². The van der Waals surface area contributed by atoms with Crippen LogP contribution in [0.15, 0.2) is 47.6 Å². The molecule has 0 spiro atoms. The smallest absolute Gasteiger partial charge is 0.175 e. The van der Waals surface area contributed by atoms with E-state index in [2.05, 4.69) is 28.6 Å². The highest BCUT2D eigenvalue weighted by atomic mass is 32.2. The van der Waals surface area contributed by atoms with Gasteiger partial charge in [-0.15, -0.1) is 0 Å². The Morgan fingerprint density at radius 3 is 2.19 bits per heavy atom. The first-order valence-corrected chi connectivity index (χ1v) is 15.6. The van der Waals surface area contributed by atoms with Crippen molar-refractivity contribution in [3.63, 3.8) is 0 Å². The highest BCUT2D eigenvalue weighted by molar-refractivity contribution is 7.90. The molecule has 2 unspecified atom stereocenters. The topological polar surface area (TPSA) is 57.9 Å². The van der Waals surface area contributed by atoms with E-state index in [-0.39, 0.29) is 10.7 Å². The summed E-state index contributed by atoms with van der Waals surface area (Å²) in [4.78, 5) is 10.2. The fourth-order valence-electron chi connectivity index (χ4n) is 7.24. The van der Waals surface area contributed by atoms with E-state index in [4.69, 9.17) is 0 Å². The molecular weight excluding hydrogens is 487 g/mol. The van der Waals surface area contributed by atoms with Gasteiger partial charge in [-0.25, -0.2) is 17.8 Å². The third-order valence-corrected chi connectivity index (χ3v) is 10.1. The van der Waals surface area contributed by atoms with E-state index in [9.17, 15) is 8.42 Å². The van der Waals surface area contributed by atoms with Gasteiger partial charge in [0.25, 0.3) is 0 Å². The van der Waals surface area contributed by atoms with E-state index in [0.717, 1.165) is 49.1 Å². The van der Waals surface area contributed by atoms with Gasteiger partial charge in [0.05, 0.1) is 10.6 Å². The quantitative estimate of drug-likeness (QED) is 0.463. The molecule has 3 aliphatic rings. The van der Waals surface area contributed by atoms with Crippen LogP contribution in [0.3, 0.4) is 0 Å². The van der Waals surface area contributed by atoms with Crippen LogP contribution in [0, 0.1) is 5.82 Å². The van der Waals surface area contributed by atoms with E-state index < -0.39 is 9.84 Å². The number of nitrogens with zero attached hydrogens (tertiary/aromatic N) is 4. The first-order valence-electron chi connectivity index (χ1n) is 13.7. The highest BCUT2D eigenvalue weighted by Crippen LogP contribution is 2.40. The van der Waals surface area contributed by atoms with Gasteiger partial charge >= 0.3 is 0 Å².